The van der Waals surface area contributed by atoms with Gasteiger partial charge in [0, 0.05) is 6.42 Å². The van der Waals surface area contributed by atoms with E-state index in [-0.39, 0.29) is 6.10 Å². The molecule has 0 aromatic carbocycles. The molecule has 0 aliphatic rings. The molecule has 1 atom stereocenters. The Morgan fingerprint density at radius 3 is 2.22 bits per heavy atom. The van der Waals surface area contributed by atoms with Gasteiger partial charge in [0.2, 0.25) is 0 Å². The highest BCUT2D eigenvalue weighted by molar-refractivity contribution is 5.66. The summed E-state index contributed by atoms with van der Waals surface area (Å²) in [6.07, 6.45) is 21.3. The van der Waals surface area contributed by atoms with Crippen molar-refractivity contribution in [2.45, 2.75) is 96.5 Å². The second-order valence-corrected chi connectivity index (χ2v) is 6.28. The van der Waals surface area contributed by atoms with Gasteiger partial charge in [-0.3, -0.25) is 4.79 Å². The standard InChI is InChI=1S/C20H36O3/c1-2-3-4-5-7-10-13-16-19(21)17-14-11-8-6-9-12-15-18-20(22)23/h7,10,13,16,19,21H,2-6,8-9,11-12,14-15,17-18H2,1H3,(H,22,23)/b10-7-,16-13+/t19-/m0/s1. The van der Waals surface area contributed by atoms with E-state index < -0.39 is 5.97 Å². The number of hydrogen-bond donors (Lipinski definition) is 2. The van der Waals surface area contributed by atoms with E-state index in [1.165, 1.54) is 32.1 Å². The van der Waals surface area contributed by atoms with Crippen LogP contribution in [0, 0.1) is 0 Å². The van der Waals surface area contributed by atoms with Crippen molar-refractivity contribution < 1.29 is 15.0 Å². The van der Waals surface area contributed by atoms with Gasteiger partial charge in [-0.2, -0.15) is 0 Å². The summed E-state index contributed by atoms with van der Waals surface area (Å²) in [7, 11) is 0. The number of rotatable bonds is 16. The molecule has 3 heteroatoms. The van der Waals surface area contributed by atoms with E-state index >= 15 is 0 Å². The van der Waals surface area contributed by atoms with E-state index in [9.17, 15) is 9.90 Å². The average molecular weight is 325 g/mol. The molecular formula is C20H36O3. The summed E-state index contributed by atoms with van der Waals surface area (Å²) in [5.74, 6) is -0.692. The van der Waals surface area contributed by atoms with Gasteiger partial charge in [0.1, 0.15) is 0 Å². The first-order valence-electron chi connectivity index (χ1n) is 9.40. The zero-order chi connectivity index (χ0) is 17.2. The van der Waals surface area contributed by atoms with Crippen LogP contribution in [0.4, 0.5) is 0 Å². The first kappa shape index (κ1) is 21.9. The fraction of sp³-hybridized carbons (Fsp3) is 0.750. The van der Waals surface area contributed by atoms with E-state index in [1.807, 2.05) is 18.2 Å². The Labute approximate surface area is 142 Å². The van der Waals surface area contributed by atoms with E-state index in [0.717, 1.165) is 44.9 Å². The van der Waals surface area contributed by atoms with Crippen LogP contribution in [0.1, 0.15) is 90.4 Å². The van der Waals surface area contributed by atoms with Gasteiger partial charge >= 0.3 is 5.97 Å². The predicted molar refractivity (Wildman–Crippen MR) is 97.6 cm³/mol. The maximum atomic E-state index is 10.4. The summed E-state index contributed by atoms with van der Waals surface area (Å²) in [5, 5.41) is 18.4. The Hall–Kier alpha value is -1.09. The molecule has 0 bridgehead atoms. The molecule has 0 aromatic heterocycles. The molecule has 0 aliphatic carbocycles. The summed E-state index contributed by atoms with van der Waals surface area (Å²) in [5.41, 5.74) is 0. The normalized spacial score (nSPS) is 13.1. The summed E-state index contributed by atoms with van der Waals surface area (Å²) < 4.78 is 0. The molecule has 0 fully saturated rings. The van der Waals surface area contributed by atoms with Gasteiger partial charge < -0.3 is 10.2 Å². The maximum absolute atomic E-state index is 10.4. The number of carbonyl (C=O) groups is 1. The average Bonchev–Trinajstić information content (AvgIpc) is 2.52. The van der Waals surface area contributed by atoms with E-state index in [0.29, 0.717) is 6.42 Å². The number of unbranched alkanes of at least 4 members (excludes halogenated alkanes) is 9. The number of hydrogen-bond acceptors (Lipinski definition) is 2. The summed E-state index contributed by atoms with van der Waals surface area (Å²) in [6.45, 7) is 2.21. The monoisotopic (exact) mass is 324 g/mol. The molecule has 0 spiro atoms. The largest absolute Gasteiger partial charge is 0.481 e. The zero-order valence-electron chi connectivity index (χ0n) is 14.9. The summed E-state index contributed by atoms with van der Waals surface area (Å²) in [6, 6.07) is 0. The van der Waals surface area contributed by atoms with Crippen LogP contribution in [-0.4, -0.2) is 22.3 Å². The number of allylic oxidation sites excluding steroid dienone is 3. The van der Waals surface area contributed by atoms with Gasteiger partial charge in [0.25, 0.3) is 0 Å². The van der Waals surface area contributed by atoms with Crippen molar-refractivity contribution in [3.8, 4) is 0 Å². The van der Waals surface area contributed by atoms with Crippen molar-refractivity contribution in [3.63, 3.8) is 0 Å². The van der Waals surface area contributed by atoms with Crippen molar-refractivity contribution in [2.75, 3.05) is 0 Å². The minimum Gasteiger partial charge on any atom is -0.481 e. The van der Waals surface area contributed by atoms with E-state index in [4.69, 9.17) is 5.11 Å². The second-order valence-electron chi connectivity index (χ2n) is 6.28. The molecule has 0 heterocycles. The molecule has 2 N–H and O–H groups in total. The van der Waals surface area contributed by atoms with E-state index in [1.54, 1.807) is 0 Å². The molecule has 0 unspecified atom stereocenters. The second kappa shape index (κ2) is 17.3. The third-order valence-electron chi connectivity index (χ3n) is 3.95. The number of carboxylic acid groups (broad SMARTS) is 1. The fourth-order valence-electron chi connectivity index (χ4n) is 2.49. The topological polar surface area (TPSA) is 57.5 Å². The van der Waals surface area contributed by atoms with Gasteiger partial charge in [-0.05, 0) is 25.7 Å². The van der Waals surface area contributed by atoms with Gasteiger partial charge in [-0.1, -0.05) is 82.6 Å². The maximum Gasteiger partial charge on any atom is 0.303 e. The highest BCUT2D eigenvalue weighted by atomic mass is 16.4. The van der Waals surface area contributed by atoms with Crippen LogP contribution in [0.2, 0.25) is 0 Å². The van der Waals surface area contributed by atoms with Crippen LogP contribution in [0.3, 0.4) is 0 Å². The summed E-state index contributed by atoms with van der Waals surface area (Å²) in [4.78, 5) is 10.4. The van der Waals surface area contributed by atoms with Crippen molar-refractivity contribution >= 4 is 5.97 Å². The number of aliphatic carboxylic acids is 1. The van der Waals surface area contributed by atoms with Crippen molar-refractivity contribution in [1.29, 1.82) is 0 Å². The highest BCUT2D eigenvalue weighted by Gasteiger charge is 1.99. The Balaban J connectivity index is 3.35. The molecule has 0 aliphatic heterocycles. The Morgan fingerprint density at radius 2 is 1.57 bits per heavy atom. The van der Waals surface area contributed by atoms with Crippen molar-refractivity contribution in [3.05, 3.63) is 24.3 Å². The van der Waals surface area contributed by atoms with Crippen LogP contribution in [0.5, 0.6) is 0 Å². The zero-order valence-corrected chi connectivity index (χ0v) is 14.9. The molecule has 0 rings (SSSR count). The molecule has 0 saturated carbocycles. The quantitative estimate of drug-likeness (QED) is 0.285. The van der Waals surface area contributed by atoms with Crippen LogP contribution in [0.15, 0.2) is 24.3 Å². The molecule has 0 aromatic rings. The highest BCUT2D eigenvalue weighted by Crippen LogP contribution is 2.11. The van der Waals surface area contributed by atoms with Crippen LogP contribution < -0.4 is 0 Å². The third kappa shape index (κ3) is 18.9. The van der Waals surface area contributed by atoms with Crippen LogP contribution >= 0.6 is 0 Å². The fourth-order valence-corrected chi connectivity index (χ4v) is 2.49. The minimum atomic E-state index is -0.692. The number of carboxylic acids is 1. The molecule has 0 amide bonds. The van der Waals surface area contributed by atoms with Gasteiger partial charge in [-0.25, -0.2) is 0 Å². The molecule has 3 nitrogen and oxygen atoms in total. The SMILES string of the molecule is CCCCC/C=C\C=C\[C@H](O)CCCCCCCCCC(=O)O. The molecule has 23 heavy (non-hydrogen) atoms. The molecular weight excluding hydrogens is 288 g/mol. The lowest BCUT2D eigenvalue weighted by Crippen LogP contribution is -2.01. The van der Waals surface area contributed by atoms with Crippen LogP contribution in [0.25, 0.3) is 0 Å². The first-order chi connectivity index (χ1) is 11.2. The number of aliphatic hydroxyl groups excluding tert-OH is 1. The smallest absolute Gasteiger partial charge is 0.303 e. The lowest BCUT2D eigenvalue weighted by molar-refractivity contribution is -0.137. The van der Waals surface area contributed by atoms with Crippen molar-refractivity contribution in [1.82, 2.24) is 0 Å². The number of aliphatic hydroxyl groups is 1. The van der Waals surface area contributed by atoms with Crippen molar-refractivity contribution in [2.24, 2.45) is 0 Å². The summed E-state index contributed by atoms with van der Waals surface area (Å²) >= 11 is 0. The Morgan fingerprint density at radius 1 is 0.913 bits per heavy atom. The Bertz CT molecular complexity index is 321. The van der Waals surface area contributed by atoms with Gasteiger partial charge in [0.15, 0.2) is 0 Å². The van der Waals surface area contributed by atoms with E-state index in [2.05, 4.69) is 13.0 Å². The van der Waals surface area contributed by atoms with Gasteiger partial charge in [-0.15, -0.1) is 0 Å². The van der Waals surface area contributed by atoms with Crippen LogP contribution in [-0.2, 0) is 4.79 Å². The van der Waals surface area contributed by atoms with Gasteiger partial charge in [0.05, 0.1) is 6.10 Å². The Kier molecular flexibility index (Phi) is 16.4. The molecule has 0 saturated heterocycles. The first-order valence-corrected chi connectivity index (χ1v) is 9.40. The lowest BCUT2D eigenvalue weighted by Gasteiger charge is -2.05. The molecule has 0 radical (unpaired) electrons. The minimum absolute atomic E-state index is 0.297. The lowest BCUT2D eigenvalue weighted by atomic mass is 10.1. The predicted octanol–water partition coefficient (Wildman–Crippen LogP) is 5.64. The molecule has 134 valence electrons. The third-order valence-corrected chi connectivity index (χ3v) is 3.95.